The molecule has 3 fully saturated rings. The van der Waals surface area contributed by atoms with E-state index < -0.39 is 33.4 Å². The zero-order valence-electron chi connectivity index (χ0n) is 25.7. The topological polar surface area (TPSA) is 108 Å². The molecule has 3 aliphatic rings. The molecule has 2 bridgehead atoms. The van der Waals surface area contributed by atoms with Crippen molar-refractivity contribution in [2.45, 2.75) is 68.5 Å². The molecular weight excluding hydrogens is 574 g/mol. The standard InChI is InChI=1S/C35H41N3O5S/c1-5-43-27-14-12-24(13-15-27)36-31(40)28-29-33(42)38(26(20-39)18-21(2)3)30(35(29)17-16-34(28,4)44-35)32(41)37-25-11-10-22-8-6-7-9-23(22)19-25/h6-15,19,21,26,28-30,39H,5,16-18,20H2,1-4H3,(H,36,40)(H,37,41)/t26-,28+,29+,30?,34-,35?/m1/s1. The Morgan fingerprint density at radius 3 is 2.36 bits per heavy atom. The van der Waals surface area contributed by atoms with Crippen LogP contribution in [0.25, 0.3) is 10.8 Å². The molecule has 3 aromatic carbocycles. The molecule has 3 amide bonds. The molecule has 1 spiro atoms. The molecule has 0 radical (unpaired) electrons. The first-order chi connectivity index (χ1) is 21.1. The summed E-state index contributed by atoms with van der Waals surface area (Å²) in [5.41, 5.74) is 1.28. The van der Waals surface area contributed by atoms with Crippen LogP contribution in [0.1, 0.15) is 47.0 Å². The molecule has 232 valence electrons. The van der Waals surface area contributed by atoms with Gasteiger partial charge >= 0.3 is 0 Å². The number of aliphatic hydroxyl groups is 1. The third kappa shape index (κ3) is 5.13. The highest BCUT2D eigenvalue weighted by Gasteiger charge is 2.77. The Morgan fingerprint density at radius 1 is 1.00 bits per heavy atom. The number of thioether (sulfide) groups is 1. The van der Waals surface area contributed by atoms with Gasteiger partial charge in [0.25, 0.3) is 0 Å². The molecule has 3 aliphatic heterocycles. The second-order valence-electron chi connectivity index (χ2n) is 12.9. The van der Waals surface area contributed by atoms with E-state index in [4.69, 9.17) is 4.74 Å². The molecule has 8 nitrogen and oxygen atoms in total. The molecule has 3 N–H and O–H groups in total. The smallest absolute Gasteiger partial charge is 0.248 e. The van der Waals surface area contributed by atoms with Crippen molar-refractivity contribution in [2.75, 3.05) is 23.8 Å². The number of nitrogens with zero attached hydrogens (tertiary/aromatic N) is 1. The third-order valence-corrected chi connectivity index (χ3v) is 11.5. The number of aliphatic hydroxyl groups excluding tert-OH is 1. The number of ether oxygens (including phenoxy) is 1. The first-order valence-electron chi connectivity index (χ1n) is 15.6. The molecule has 3 heterocycles. The maximum atomic E-state index is 14.5. The van der Waals surface area contributed by atoms with Gasteiger partial charge in [0, 0.05) is 16.1 Å². The number of likely N-dealkylation sites (tertiary alicyclic amines) is 1. The van der Waals surface area contributed by atoms with Gasteiger partial charge in [0.15, 0.2) is 0 Å². The van der Waals surface area contributed by atoms with Crippen LogP contribution in [-0.2, 0) is 14.4 Å². The van der Waals surface area contributed by atoms with Crippen molar-refractivity contribution >= 4 is 51.6 Å². The molecule has 0 aliphatic carbocycles. The molecule has 6 rings (SSSR count). The summed E-state index contributed by atoms with van der Waals surface area (Å²) in [5.74, 6) is -1.10. The number of carbonyl (C=O) groups is 3. The van der Waals surface area contributed by atoms with E-state index in [0.29, 0.717) is 43.0 Å². The van der Waals surface area contributed by atoms with Crippen molar-refractivity contribution in [2.24, 2.45) is 17.8 Å². The Morgan fingerprint density at radius 2 is 1.68 bits per heavy atom. The summed E-state index contributed by atoms with van der Waals surface area (Å²) in [6.07, 6.45) is 1.91. The number of benzene rings is 3. The highest BCUT2D eigenvalue weighted by atomic mass is 32.2. The summed E-state index contributed by atoms with van der Waals surface area (Å²) < 4.78 is 4.25. The van der Waals surface area contributed by atoms with Gasteiger partial charge in [-0.25, -0.2) is 0 Å². The first-order valence-corrected chi connectivity index (χ1v) is 16.4. The van der Waals surface area contributed by atoms with Crippen LogP contribution < -0.4 is 15.4 Å². The van der Waals surface area contributed by atoms with Gasteiger partial charge in [-0.2, -0.15) is 0 Å². The van der Waals surface area contributed by atoms with Crippen LogP contribution in [0.15, 0.2) is 66.7 Å². The minimum Gasteiger partial charge on any atom is -0.494 e. The maximum Gasteiger partial charge on any atom is 0.248 e. The highest BCUT2D eigenvalue weighted by Crippen LogP contribution is 2.71. The van der Waals surface area contributed by atoms with Crippen molar-refractivity contribution in [3.05, 3.63) is 66.7 Å². The van der Waals surface area contributed by atoms with Crippen LogP contribution in [0.2, 0.25) is 0 Å². The fourth-order valence-electron chi connectivity index (χ4n) is 7.78. The Kier molecular flexibility index (Phi) is 8.13. The zero-order chi connectivity index (χ0) is 31.2. The minimum absolute atomic E-state index is 0.197. The molecular formula is C35H41N3O5S. The van der Waals surface area contributed by atoms with Gasteiger partial charge in [-0.05, 0) is 86.2 Å². The molecule has 2 unspecified atom stereocenters. The van der Waals surface area contributed by atoms with E-state index in [9.17, 15) is 19.5 Å². The summed E-state index contributed by atoms with van der Waals surface area (Å²) in [5, 5.41) is 18.8. The number of fused-ring (bicyclic) bond motifs is 2. The van der Waals surface area contributed by atoms with E-state index in [1.165, 1.54) is 0 Å². The fraction of sp³-hybridized carbons (Fsp3) is 0.457. The molecule has 3 saturated heterocycles. The van der Waals surface area contributed by atoms with Gasteiger partial charge < -0.3 is 25.4 Å². The average Bonchev–Trinajstić information content (AvgIpc) is 3.57. The Hall–Kier alpha value is -3.56. The molecule has 9 heteroatoms. The third-order valence-electron chi connectivity index (χ3n) is 9.54. The van der Waals surface area contributed by atoms with Gasteiger partial charge in [-0.15, -0.1) is 11.8 Å². The predicted octanol–water partition coefficient (Wildman–Crippen LogP) is 5.70. The monoisotopic (exact) mass is 615 g/mol. The van der Waals surface area contributed by atoms with Gasteiger partial charge in [0.1, 0.15) is 11.8 Å². The van der Waals surface area contributed by atoms with Crippen molar-refractivity contribution in [3.63, 3.8) is 0 Å². The van der Waals surface area contributed by atoms with Gasteiger partial charge in [-0.3, -0.25) is 14.4 Å². The van der Waals surface area contributed by atoms with Crippen molar-refractivity contribution in [3.8, 4) is 5.75 Å². The molecule has 0 aromatic heterocycles. The average molecular weight is 616 g/mol. The lowest BCUT2D eigenvalue weighted by atomic mass is 9.66. The first kappa shape index (κ1) is 30.5. The maximum absolute atomic E-state index is 14.5. The lowest BCUT2D eigenvalue weighted by molar-refractivity contribution is -0.142. The Bertz CT molecular complexity index is 1580. The molecule has 0 saturated carbocycles. The second-order valence-corrected chi connectivity index (χ2v) is 14.8. The molecule has 6 atom stereocenters. The van der Waals surface area contributed by atoms with E-state index >= 15 is 0 Å². The SMILES string of the molecule is CCOc1ccc(NC(=O)[C@@H]2[C@H]3C(=O)N([C@@H](CO)CC(C)C)C(C(=O)Nc4ccc5ccccc5c4)C34CC[C@@]2(C)S4)cc1. The number of nitrogens with one attached hydrogen (secondary N) is 2. The number of hydrogen-bond acceptors (Lipinski definition) is 6. The van der Waals surface area contributed by atoms with Gasteiger partial charge in [0.2, 0.25) is 17.7 Å². The van der Waals surface area contributed by atoms with Crippen LogP contribution in [0.3, 0.4) is 0 Å². The summed E-state index contributed by atoms with van der Waals surface area (Å²) in [7, 11) is 0. The van der Waals surface area contributed by atoms with Crippen LogP contribution in [0, 0.1) is 17.8 Å². The van der Waals surface area contributed by atoms with E-state index in [2.05, 4.69) is 17.6 Å². The van der Waals surface area contributed by atoms with Crippen LogP contribution >= 0.6 is 11.8 Å². The summed E-state index contributed by atoms with van der Waals surface area (Å²) >= 11 is 1.63. The number of hydrogen-bond donors (Lipinski definition) is 3. The van der Waals surface area contributed by atoms with Crippen LogP contribution in [-0.4, -0.2) is 62.5 Å². The highest BCUT2D eigenvalue weighted by molar-refractivity contribution is 8.02. The number of rotatable bonds is 10. The quantitative estimate of drug-likeness (QED) is 0.270. The van der Waals surface area contributed by atoms with Gasteiger partial charge in [-0.1, -0.05) is 44.2 Å². The minimum atomic E-state index is -0.822. The van der Waals surface area contributed by atoms with Crippen molar-refractivity contribution in [1.82, 2.24) is 4.90 Å². The Balaban J connectivity index is 1.35. The number of amides is 3. The van der Waals surface area contributed by atoms with Crippen molar-refractivity contribution < 1.29 is 24.2 Å². The summed E-state index contributed by atoms with van der Waals surface area (Å²) in [6.45, 7) is 8.35. The number of anilines is 2. The normalized spacial score (nSPS) is 27.9. The summed E-state index contributed by atoms with van der Waals surface area (Å²) in [4.78, 5) is 44.6. The van der Waals surface area contributed by atoms with Gasteiger partial charge in [0.05, 0.1) is 35.8 Å². The molecule has 44 heavy (non-hydrogen) atoms. The van der Waals surface area contributed by atoms with Crippen molar-refractivity contribution in [1.29, 1.82) is 0 Å². The fourth-order valence-corrected chi connectivity index (χ4v) is 10.1. The van der Waals surface area contributed by atoms with Crippen LogP contribution in [0.5, 0.6) is 5.75 Å². The second kappa shape index (κ2) is 11.7. The number of carbonyl (C=O) groups excluding carboxylic acids is 3. The zero-order valence-corrected chi connectivity index (χ0v) is 26.5. The van der Waals surface area contributed by atoms with E-state index in [0.717, 1.165) is 10.8 Å². The van der Waals surface area contributed by atoms with E-state index in [1.807, 2.05) is 75.4 Å². The summed E-state index contributed by atoms with van der Waals surface area (Å²) in [6, 6.07) is 19.6. The van der Waals surface area contributed by atoms with Crippen LogP contribution in [0.4, 0.5) is 11.4 Å². The molecule has 3 aromatic rings. The van der Waals surface area contributed by atoms with E-state index in [1.54, 1.807) is 28.8 Å². The largest absolute Gasteiger partial charge is 0.494 e. The lowest BCUT2D eigenvalue weighted by Gasteiger charge is -2.37. The lowest BCUT2D eigenvalue weighted by Crippen LogP contribution is -2.55. The predicted molar refractivity (Wildman–Crippen MR) is 175 cm³/mol. The Labute approximate surface area is 262 Å². The van der Waals surface area contributed by atoms with E-state index in [-0.39, 0.29) is 30.2 Å².